The summed E-state index contributed by atoms with van der Waals surface area (Å²) < 4.78 is 22.1. The molecule has 0 aliphatic carbocycles. The number of hydrogen-bond acceptors (Lipinski definition) is 5. The Morgan fingerprint density at radius 3 is 2.81 bits per heavy atom. The third-order valence-corrected chi connectivity index (χ3v) is 3.91. The quantitative estimate of drug-likeness (QED) is 0.513. The third-order valence-electron chi connectivity index (χ3n) is 3.06. The number of nitrogens with one attached hydrogen (secondary N) is 1. The number of hydrogen-bond donors (Lipinski definition) is 3. The van der Waals surface area contributed by atoms with Crippen LogP contribution < -0.4 is 11.2 Å². The van der Waals surface area contributed by atoms with E-state index in [1.165, 1.54) is 13.1 Å². The number of H-pyrrole nitrogens is 1. The summed E-state index contributed by atoms with van der Waals surface area (Å²) in [5.74, 6) is -0.0573. The minimum absolute atomic E-state index is 0.0217. The normalized spacial score (nSPS) is 26.2. The number of halogens is 1. The summed E-state index contributed by atoms with van der Waals surface area (Å²) in [6.45, 7) is 1.52. The van der Waals surface area contributed by atoms with Gasteiger partial charge in [-0.15, -0.1) is 11.6 Å². The Kier molecular flexibility index (Phi) is 4.72. The van der Waals surface area contributed by atoms with Gasteiger partial charge in [0.15, 0.2) is 0 Å². The van der Waals surface area contributed by atoms with Crippen LogP contribution in [-0.2, 0) is 13.8 Å². The van der Waals surface area contributed by atoms with Crippen molar-refractivity contribution in [2.75, 3.05) is 5.88 Å². The standard InChI is InChI=1S/C10H14ClN2O7P/c1-5-4-13(10(15)12-9(5)14)8-2-6(7(3-11)19-8)20-21(16,17)18/h4,6-8H,2-3H2,1H3,(H,12,14,15)(H2,16,17,18)/t6-,7+,8+/m0/s1. The van der Waals surface area contributed by atoms with E-state index < -0.39 is 37.5 Å². The average Bonchev–Trinajstić information content (AvgIpc) is 2.74. The van der Waals surface area contributed by atoms with Gasteiger partial charge in [-0.05, 0) is 6.92 Å². The lowest BCUT2D eigenvalue weighted by atomic mass is 10.2. The van der Waals surface area contributed by atoms with Crippen LogP contribution in [0.4, 0.5) is 0 Å². The Bertz CT molecular complexity index is 681. The van der Waals surface area contributed by atoms with Crippen molar-refractivity contribution in [3.05, 3.63) is 32.6 Å². The molecule has 0 unspecified atom stereocenters. The van der Waals surface area contributed by atoms with Gasteiger partial charge in [0, 0.05) is 18.2 Å². The summed E-state index contributed by atoms with van der Waals surface area (Å²) in [6.07, 6.45) is -1.21. The van der Waals surface area contributed by atoms with E-state index in [9.17, 15) is 14.2 Å². The molecular weight excluding hydrogens is 327 g/mol. The van der Waals surface area contributed by atoms with Crippen LogP contribution in [0.2, 0.25) is 0 Å². The number of phosphoric acid groups is 1. The van der Waals surface area contributed by atoms with E-state index in [1.54, 1.807) is 0 Å². The minimum atomic E-state index is -4.70. The first-order valence-corrected chi connectivity index (χ1v) is 8.05. The molecule has 3 atom stereocenters. The highest BCUT2D eigenvalue weighted by molar-refractivity contribution is 7.46. The maximum Gasteiger partial charge on any atom is 0.469 e. The lowest BCUT2D eigenvalue weighted by Crippen LogP contribution is -2.33. The Morgan fingerprint density at radius 1 is 1.57 bits per heavy atom. The van der Waals surface area contributed by atoms with Crippen molar-refractivity contribution in [1.29, 1.82) is 0 Å². The molecule has 3 N–H and O–H groups in total. The van der Waals surface area contributed by atoms with Crippen molar-refractivity contribution in [3.8, 4) is 0 Å². The number of aromatic nitrogens is 2. The molecule has 1 aromatic heterocycles. The van der Waals surface area contributed by atoms with Crippen molar-refractivity contribution >= 4 is 19.4 Å². The van der Waals surface area contributed by atoms with Crippen LogP contribution in [0, 0.1) is 6.92 Å². The Hall–Kier alpha value is -0.960. The molecule has 1 aromatic rings. The van der Waals surface area contributed by atoms with Gasteiger partial charge in [0.25, 0.3) is 5.56 Å². The highest BCUT2D eigenvalue weighted by Gasteiger charge is 2.40. The zero-order valence-corrected chi connectivity index (χ0v) is 12.6. The van der Waals surface area contributed by atoms with Crippen LogP contribution >= 0.6 is 19.4 Å². The van der Waals surface area contributed by atoms with E-state index in [1.807, 2.05) is 0 Å². The molecule has 1 fully saturated rings. The predicted molar refractivity (Wildman–Crippen MR) is 72.2 cm³/mol. The number of ether oxygens (including phenoxy) is 1. The zero-order chi connectivity index (χ0) is 15.8. The van der Waals surface area contributed by atoms with Crippen molar-refractivity contribution in [2.45, 2.75) is 31.8 Å². The van der Waals surface area contributed by atoms with Gasteiger partial charge in [0.1, 0.15) is 18.4 Å². The van der Waals surface area contributed by atoms with E-state index in [4.69, 9.17) is 26.1 Å². The molecule has 1 aliphatic heterocycles. The van der Waals surface area contributed by atoms with Crippen LogP contribution in [0.1, 0.15) is 18.2 Å². The highest BCUT2D eigenvalue weighted by Crippen LogP contribution is 2.43. The summed E-state index contributed by atoms with van der Waals surface area (Å²) in [5.41, 5.74) is -0.883. The molecule has 0 amide bonds. The molecule has 2 heterocycles. The van der Waals surface area contributed by atoms with Crippen LogP contribution in [0.15, 0.2) is 15.8 Å². The molecule has 0 saturated carbocycles. The van der Waals surface area contributed by atoms with Crippen molar-refractivity contribution in [1.82, 2.24) is 9.55 Å². The molecule has 0 aromatic carbocycles. The number of aromatic amines is 1. The predicted octanol–water partition coefficient (Wildman–Crippen LogP) is -0.151. The maximum absolute atomic E-state index is 11.8. The monoisotopic (exact) mass is 340 g/mol. The number of aryl methyl sites for hydroxylation is 1. The van der Waals surface area contributed by atoms with Gasteiger partial charge in [0.05, 0.1) is 5.88 Å². The van der Waals surface area contributed by atoms with Gasteiger partial charge < -0.3 is 14.5 Å². The molecular formula is C10H14ClN2O7P. The first kappa shape index (κ1) is 16.4. The first-order chi connectivity index (χ1) is 9.71. The Balaban J connectivity index is 2.27. The van der Waals surface area contributed by atoms with Gasteiger partial charge in [-0.25, -0.2) is 9.36 Å². The number of alkyl halides is 1. The van der Waals surface area contributed by atoms with E-state index in [-0.39, 0.29) is 12.3 Å². The van der Waals surface area contributed by atoms with E-state index in [0.29, 0.717) is 5.56 Å². The van der Waals surface area contributed by atoms with Gasteiger partial charge in [0.2, 0.25) is 0 Å². The molecule has 0 bridgehead atoms. The van der Waals surface area contributed by atoms with Crippen LogP contribution in [0.3, 0.4) is 0 Å². The smallest absolute Gasteiger partial charge is 0.351 e. The van der Waals surface area contributed by atoms with Crippen LogP contribution in [0.25, 0.3) is 0 Å². The zero-order valence-electron chi connectivity index (χ0n) is 10.9. The van der Waals surface area contributed by atoms with Gasteiger partial charge in [-0.2, -0.15) is 0 Å². The molecule has 2 rings (SSSR count). The third kappa shape index (κ3) is 3.82. The number of phosphoric ester groups is 1. The van der Waals surface area contributed by atoms with E-state index in [0.717, 1.165) is 4.57 Å². The van der Waals surface area contributed by atoms with Crippen molar-refractivity contribution in [3.63, 3.8) is 0 Å². The second-order valence-electron chi connectivity index (χ2n) is 4.63. The van der Waals surface area contributed by atoms with Crippen molar-refractivity contribution < 1.29 is 23.6 Å². The van der Waals surface area contributed by atoms with Crippen LogP contribution in [-0.4, -0.2) is 37.4 Å². The van der Waals surface area contributed by atoms with Crippen LogP contribution in [0.5, 0.6) is 0 Å². The molecule has 1 aliphatic rings. The van der Waals surface area contributed by atoms with E-state index in [2.05, 4.69) is 9.51 Å². The largest absolute Gasteiger partial charge is 0.469 e. The Labute approximate surface area is 123 Å². The van der Waals surface area contributed by atoms with Crippen molar-refractivity contribution in [2.24, 2.45) is 0 Å². The minimum Gasteiger partial charge on any atom is -0.351 e. The van der Waals surface area contributed by atoms with Gasteiger partial charge in [-0.1, -0.05) is 0 Å². The fourth-order valence-electron chi connectivity index (χ4n) is 2.10. The lowest BCUT2D eigenvalue weighted by Gasteiger charge is -2.16. The summed E-state index contributed by atoms with van der Waals surface area (Å²) in [4.78, 5) is 42.9. The molecule has 1 saturated heterocycles. The average molecular weight is 341 g/mol. The summed E-state index contributed by atoms with van der Waals surface area (Å²) in [5, 5.41) is 0. The van der Waals surface area contributed by atoms with Gasteiger partial charge >= 0.3 is 13.5 Å². The fraction of sp³-hybridized carbons (Fsp3) is 0.600. The fourth-order valence-corrected chi connectivity index (χ4v) is 2.94. The Morgan fingerprint density at radius 2 is 2.24 bits per heavy atom. The molecule has 9 nitrogen and oxygen atoms in total. The number of nitrogens with zero attached hydrogens (tertiary/aromatic N) is 1. The second kappa shape index (κ2) is 6.04. The summed E-state index contributed by atoms with van der Waals surface area (Å²) in [6, 6.07) is 0. The molecule has 118 valence electrons. The maximum atomic E-state index is 11.8. The second-order valence-corrected chi connectivity index (χ2v) is 6.13. The first-order valence-electron chi connectivity index (χ1n) is 5.98. The SMILES string of the molecule is Cc1cn([C@H]2C[C@H](OP(=O)(O)O)[C@@H](CCl)O2)c(=O)[nH]c1=O. The molecule has 0 spiro atoms. The summed E-state index contributed by atoms with van der Waals surface area (Å²) in [7, 11) is -4.70. The molecule has 0 radical (unpaired) electrons. The topological polar surface area (TPSA) is 131 Å². The lowest BCUT2D eigenvalue weighted by molar-refractivity contribution is -0.00843. The number of rotatable bonds is 4. The van der Waals surface area contributed by atoms with Gasteiger partial charge in [-0.3, -0.25) is 18.9 Å². The molecule has 11 heteroatoms. The molecule has 21 heavy (non-hydrogen) atoms. The highest BCUT2D eigenvalue weighted by atomic mass is 35.5. The van der Waals surface area contributed by atoms with E-state index >= 15 is 0 Å². The summed E-state index contributed by atoms with van der Waals surface area (Å²) >= 11 is 5.68.